The predicted molar refractivity (Wildman–Crippen MR) is 62.3 cm³/mol. The molecule has 84 valence electrons. The molecule has 2 rings (SSSR count). The van der Waals surface area contributed by atoms with Crippen molar-refractivity contribution in [1.29, 1.82) is 0 Å². The first-order valence-corrected chi connectivity index (χ1v) is 6.54. The van der Waals surface area contributed by atoms with Crippen LogP contribution < -0.4 is 5.43 Å². The third-order valence-electron chi connectivity index (χ3n) is 2.47. The summed E-state index contributed by atoms with van der Waals surface area (Å²) in [6.45, 7) is 1.52. The average Bonchev–Trinajstić information content (AvgIpc) is 2.29. The zero-order valence-electron chi connectivity index (χ0n) is 8.73. The molecule has 2 aromatic rings. The monoisotopic (exact) mass is 237 g/mol. The Morgan fingerprint density at radius 2 is 1.94 bits per heavy atom. The van der Waals surface area contributed by atoms with Crippen LogP contribution in [0.1, 0.15) is 6.92 Å². The number of nitrogens with one attached hydrogen (secondary N) is 1. The molecule has 0 saturated heterocycles. The number of aromatic nitrogens is 1. The van der Waals surface area contributed by atoms with Gasteiger partial charge in [-0.1, -0.05) is 19.1 Å². The Balaban J connectivity index is 2.86. The van der Waals surface area contributed by atoms with Crippen LogP contribution in [0.25, 0.3) is 10.9 Å². The standard InChI is InChI=1S/C11H11NO3S/c1-2-16(14,15)10-7-12-9-6-4-3-5-8(9)11(10)13/h3-7H,2H2,1H3,(H,12,13). The number of aromatic amines is 1. The quantitative estimate of drug-likeness (QED) is 0.856. The molecule has 5 heteroatoms. The maximum atomic E-state index is 11.9. The van der Waals surface area contributed by atoms with Gasteiger partial charge in [0.15, 0.2) is 9.84 Å². The zero-order valence-corrected chi connectivity index (χ0v) is 9.54. The van der Waals surface area contributed by atoms with Gasteiger partial charge in [0.25, 0.3) is 0 Å². The van der Waals surface area contributed by atoms with Crippen LogP contribution in [0, 0.1) is 0 Å². The Kier molecular flexibility index (Phi) is 2.55. The Morgan fingerprint density at radius 3 is 2.62 bits per heavy atom. The Bertz CT molecular complexity index is 686. The zero-order chi connectivity index (χ0) is 11.8. The molecule has 0 bridgehead atoms. The minimum atomic E-state index is -3.46. The number of fused-ring (bicyclic) bond motifs is 1. The third kappa shape index (κ3) is 1.63. The first kappa shape index (κ1) is 10.9. The lowest BCUT2D eigenvalue weighted by Crippen LogP contribution is -2.17. The van der Waals surface area contributed by atoms with E-state index in [0.29, 0.717) is 10.9 Å². The first-order valence-electron chi connectivity index (χ1n) is 4.89. The van der Waals surface area contributed by atoms with Crippen molar-refractivity contribution in [2.24, 2.45) is 0 Å². The van der Waals surface area contributed by atoms with Crippen LogP contribution in [0.4, 0.5) is 0 Å². The number of H-pyrrole nitrogens is 1. The van der Waals surface area contributed by atoms with Crippen molar-refractivity contribution in [3.63, 3.8) is 0 Å². The van der Waals surface area contributed by atoms with Gasteiger partial charge in [0.1, 0.15) is 4.90 Å². The molecule has 0 aliphatic carbocycles. The topological polar surface area (TPSA) is 67.0 Å². The highest BCUT2D eigenvalue weighted by molar-refractivity contribution is 7.91. The SMILES string of the molecule is CCS(=O)(=O)c1c[nH]c2ccccc2c1=O. The highest BCUT2D eigenvalue weighted by Gasteiger charge is 2.17. The van der Waals surface area contributed by atoms with Crippen LogP contribution in [0.15, 0.2) is 40.2 Å². The minimum absolute atomic E-state index is 0.0750. The Morgan fingerprint density at radius 1 is 1.25 bits per heavy atom. The van der Waals surface area contributed by atoms with Crippen LogP contribution in [0.5, 0.6) is 0 Å². The molecule has 0 unspecified atom stereocenters. The van der Waals surface area contributed by atoms with Gasteiger partial charge in [-0.15, -0.1) is 0 Å². The number of benzene rings is 1. The molecule has 0 radical (unpaired) electrons. The molecule has 0 saturated carbocycles. The van der Waals surface area contributed by atoms with Crippen molar-refractivity contribution < 1.29 is 8.42 Å². The number of pyridine rings is 1. The molecule has 0 amide bonds. The summed E-state index contributed by atoms with van der Waals surface area (Å²) in [5.41, 5.74) is 0.207. The van der Waals surface area contributed by atoms with Crippen LogP contribution >= 0.6 is 0 Å². The smallest absolute Gasteiger partial charge is 0.208 e. The van der Waals surface area contributed by atoms with Gasteiger partial charge in [0, 0.05) is 17.1 Å². The molecule has 0 atom stereocenters. The van der Waals surface area contributed by atoms with Crippen molar-refractivity contribution in [2.45, 2.75) is 11.8 Å². The van der Waals surface area contributed by atoms with Gasteiger partial charge in [-0.2, -0.15) is 0 Å². The summed E-state index contributed by atoms with van der Waals surface area (Å²) in [5, 5.41) is 0.400. The summed E-state index contributed by atoms with van der Waals surface area (Å²) in [6.07, 6.45) is 1.27. The first-order chi connectivity index (χ1) is 7.56. The minimum Gasteiger partial charge on any atom is -0.360 e. The molecule has 0 aliphatic heterocycles. The van der Waals surface area contributed by atoms with E-state index in [1.165, 1.54) is 13.1 Å². The summed E-state index contributed by atoms with van der Waals surface area (Å²) in [7, 11) is -3.46. The highest BCUT2D eigenvalue weighted by atomic mass is 32.2. The summed E-state index contributed by atoms with van der Waals surface area (Å²) in [6, 6.07) is 6.84. The van der Waals surface area contributed by atoms with E-state index >= 15 is 0 Å². The fraction of sp³-hybridized carbons (Fsp3) is 0.182. The van der Waals surface area contributed by atoms with Crippen LogP contribution in [0.3, 0.4) is 0 Å². The number of sulfone groups is 1. The summed E-state index contributed by atoms with van der Waals surface area (Å²) in [5.74, 6) is -0.0750. The van der Waals surface area contributed by atoms with Crippen molar-refractivity contribution in [3.05, 3.63) is 40.7 Å². The lowest BCUT2D eigenvalue weighted by molar-refractivity contribution is 0.596. The van der Waals surface area contributed by atoms with Crippen molar-refractivity contribution >= 4 is 20.7 Å². The largest absolute Gasteiger partial charge is 0.360 e. The van der Waals surface area contributed by atoms with Gasteiger partial charge in [0.05, 0.1) is 5.75 Å². The van der Waals surface area contributed by atoms with E-state index < -0.39 is 15.3 Å². The second kappa shape index (κ2) is 3.75. The second-order valence-electron chi connectivity index (χ2n) is 3.43. The maximum Gasteiger partial charge on any atom is 0.208 e. The molecule has 1 aromatic heterocycles. The number of para-hydroxylation sites is 1. The van der Waals surface area contributed by atoms with Crippen LogP contribution in [-0.4, -0.2) is 19.2 Å². The molecular weight excluding hydrogens is 226 g/mol. The van der Waals surface area contributed by atoms with Gasteiger partial charge in [-0.25, -0.2) is 8.42 Å². The second-order valence-corrected chi connectivity index (χ2v) is 5.68. The van der Waals surface area contributed by atoms with E-state index in [4.69, 9.17) is 0 Å². The Hall–Kier alpha value is -1.62. The van der Waals surface area contributed by atoms with Crippen molar-refractivity contribution in [1.82, 2.24) is 4.98 Å². The predicted octanol–water partition coefficient (Wildman–Crippen LogP) is 1.32. The van der Waals surface area contributed by atoms with E-state index in [1.807, 2.05) is 0 Å². The van der Waals surface area contributed by atoms with E-state index in [0.717, 1.165) is 0 Å². The van der Waals surface area contributed by atoms with Crippen molar-refractivity contribution in [3.8, 4) is 0 Å². The van der Waals surface area contributed by atoms with Crippen molar-refractivity contribution in [2.75, 3.05) is 5.75 Å². The molecule has 1 aromatic carbocycles. The lowest BCUT2D eigenvalue weighted by Gasteiger charge is -2.02. The number of hydrogen-bond donors (Lipinski definition) is 1. The summed E-state index contributed by atoms with van der Waals surface area (Å²) < 4.78 is 23.3. The molecular formula is C11H11NO3S. The third-order valence-corrected chi connectivity index (χ3v) is 4.20. The molecule has 1 N–H and O–H groups in total. The van der Waals surface area contributed by atoms with E-state index in [1.54, 1.807) is 24.3 Å². The molecule has 4 nitrogen and oxygen atoms in total. The van der Waals surface area contributed by atoms with Gasteiger partial charge < -0.3 is 4.98 Å². The van der Waals surface area contributed by atoms with E-state index in [9.17, 15) is 13.2 Å². The maximum absolute atomic E-state index is 11.9. The van der Waals surface area contributed by atoms with Gasteiger partial charge in [-0.05, 0) is 12.1 Å². The molecule has 0 aliphatic rings. The molecule has 1 heterocycles. The number of hydrogen-bond acceptors (Lipinski definition) is 3. The normalized spacial score (nSPS) is 11.8. The van der Waals surface area contributed by atoms with Crippen LogP contribution in [0.2, 0.25) is 0 Å². The molecule has 16 heavy (non-hydrogen) atoms. The number of rotatable bonds is 2. The molecule has 0 fully saturated rings. The lowest BCUT2D eigenvalue weighted by atomic mass is 10.2. The summed E-state index contributed by atoms with van der Waals surface area (Å²) >= 11 is 0. The fourth-order valence-electron chi connectivity index (χ4n) is 1.54. The average molecular weight is 237 g/mol. The van der Waals surface area contributed by atoms with E-state index in [-0.39, 0.29) is 10.6 Å². The van der Waals surface area contributed by atoms with Gasteiger partial charge in [0.2, 0.25) is 5.43 Å². The molecule has 0 spiro atoms. The van der Waals surface area contributed by atoms with Crippen LogP contribution in [-0.2, 0) is 9.84 Å². The van der Waals surface area contributed by atoms with E-state index in [2.05, 4.69) is 4.98 Å². The van der Waals surface area contributed by atoms with Gasteiger partial charge in [-0.3, -0.25) is 4.79 Å². The van der Waals surface area contributed by atoms with Gasteiger partial charge >= 0.3 is 0 Å². The fourth-order valence-corrected chi connectivity index (χ4v) is 2.48. The Labute approximate surface area is 92.8 Å². The highest BCUT2D eigenvalue weighted by Crippen LogP contribution is 2.11. The summed E-state index contributed by atoms with van der Waals surface area (Å²) in [4.78, 5) is 14.6.